The van der Waals surface area contributed by atoms with Gasteiger partial charge in [0.05, 0.1) is 27.6 Å². The zero-order valence-electron chi connectivity index (χ0n) is 16.9. The molecular formula is C20H21ClF2N2O4S. The van der Waals surface area contributed by atoms with E-state index in [9.17, 15) is 23.2 Å². The highest BCUT2D eigenvalue weighted by atomic mass is 35.5. The van der Waals surface area contributed by atoms with Gasteiger partial charge in [-0.1, -0.05) is 11.6 Å². The first-order valence-electron chi connectivity index (χ1n) is 9.21. The van der Waals surface area contributed by atoms with Crippen LogP contribution in [-0.2, 0) is 4.74 Å². The molecule has 1 aromatic heterocycles. The van der Waals surface area contributed by atoms with Crippen LogP contribution in [0.1, 0.15) is 56.7 Å². The second-order valence-corrected chi connectivity index (χ2v) is 7.59. The maximum atomic E-state index is 13.6. The number of carbonyl (C=O) groups excluding carboxylic acids is 3. The molecule has 2 aromatic rings. The summed E-state index contributed by atoms with van der Waals surface area (Å²) in [6.07, 6.45) is 0. The maximum Gasteiger partial charge on any atom is 0.341 e. The molecule has 1 N–H and O–H groups in total. The Hall–Kier alpha value is -2.52. The summed E-state index contributed by atoms with van der Waals surface area (Å²) in [7, 11) is 0. The minimum atomic E-state index is -1.24. The van der Waals surface area contributed by atoms with Gasteiger partial charge in [0.2, 0.25) is 0 Å². The summed E-state index contributed by atoms with van der Waals surface area (Å²) >= 11 is 6.77. The molecule has 2 amide bonds. The summed E-state index contributed by atoms with van der Waals surface area (Å²) in [4.78, 5) is 39.8. The molecule has 0 radical (unpaired) electrons. The fourth-order valence-corrected chi connectivity index (χ4v) is 4.17. The van der Waals surface area contributed by atoms with Gasteiger partial charge in [-0.25, -0.2) is 13.6 Å². The maximum absolute atomic E-state index is 13.6. The first kappa shape index (κ1) is 23.8. The average Bonchev–Trinajstić information content (AvgIpc) is 3.01. The normalized spacial score (nSPS) is 10.6. The first-order valence-corrected chi connectivity index (χ1v) is 10.4. The fraction of sp³-hybridized carbons (Fsp3) is 0.350. The number of nitrogens with zero attached hydrogens (tertiary/aromatic N) is 1. The summed E-state index contributed by atoms with van der Waals surface area (Å²) in [5.41, 5.74) is 0.0829. The van der Waals surface area contributed by atoms with Gasteiger partial charge in [0, 0.05) is 13.1 Å². The summed E-state index contributed by atoms with van der Waals surface area (Å²) < 4.78 is 31.9. The topological polar surface area (TPSA) is 75.7 Å². The predicted molar refractivity (Wildman–Crippen MR) is 112 cm³/mol. The van der Waals surface area contributed by atoms with Gasteiger partial charge in [-0.05, 0) is 45.4 Å². The molecule has 0 atom stereocenters. The van der Waals surface area contributed by atoms with E-state index in [-0.39, 0.29) is 38.5 Å². The van der Waals surface area contributed by atoms with E-state index < -0.39 is 23.5 Å². The number of hydrogen-bond donors (Lipinski definition) is 1. The molecule has 0 saturated carbocycles. The number of ether oxygens (including phenoxy) is 1. The van der Waals surface area contributed by atoms with E-state index in [4.69, 9.17) is 16.3 Å². The number of hydrogen-bond acceptors (Lipinski definition) is 5. The van der Waals surface area contributed by atoms with Crippen molar-refractivity contribution >= 4 is 45.7 Å². The molecule has 0 unspecified atom stereocenters. The van der Waals surface area contributed by atoms with E-state index >= 15 is 0 Å². The van der Waals surface area contributed by atoms with Crippen LogP contribution >= 0.6 is 22.9 Å². The number of benzene rings is 1. The van der Waals surface area contributed by atoms with Crippen molar-refractivity contribution in [2.45, 2.75) is 27.7 Å². The molecule has 0 fully saturated rings. The zero-order valence-corrected chi connectivity index (χ0v) is 18.5. The largest absolute Gasteiger partial charge is 0.462 e. The minimum absolute atomic E-state index is 0.0319. The second-order valence-electron chi connectivity index (χ2n) is 6.16. The average molecular weight is 459 g/mol. The van der Waals surface area contributed by atoms with E-state index in [1.165, 1.54) is 0 Å². The lowest BCUT2D eigenvalue weighted by molar-refractivity contribution is 0.0527. The third-order valence-corrected chi connectivity index (χ3v) is 5.86. The highest BCUT2D eigenvalue weighted by molar-refractivity contribution is 7.18. The molecule has 6 nitrogen and oxygen atoms in total. The molecule has 0 bridgehead atoms. The highest BCUT2D eigenvalue weighted by Gasteiger charge is 2.29. The van der Waals surface area contributed by atoms with Gasteiger partial charge in [0.15, 0.2) is 11.6 Å². The van der Waals surface area contributed by atoms with Crippen LogP contribution in [0.2, 0.25) is 5.02 Å². The molecule has 0 spiro atoms. The van der Waals surface area contributed by atoms with E-state index in [0.717, 1.165) is 11.3 Å². The van der Waals surface area contributed by atoms with Crippen molar-refractivity contribution in [3.05, 3.63) is 50.4 Å². The Morgan fingerprint density at radius 2 is 1.73 bits per heavy atom. The fourth-order valence-electron chi connectivity index (χ4n) is 2.78. The van der Waals surface area contributed by atoms with Crippen LogP contribution in [0.4, 0.5) is 13.8 Å². The number of halogens is 3. The van der Waals surface area contributed by atoms with E-state index in [1.54, 1.807) is 18.7 Å². The summed E-state index contributed by atoms with van der Waals surface area (Å²) in [5.74, 6) is -4.29. The smallest absolute Gasteiger partial charge is 0.341 e. The number of anilines is 1. The van der Waals surface area contributed by atoms with Crippen LogP contribution in [0.25, 0.3) is 0 Å². The number of esters is 1. The van der Waals surface area contributed by atoms with Crippen molar-refractivity contribution in [1.82, 2.24) is 4.90 Å². The molecule has 0 aliphatic rings. The first-order chi connectivity index (χ1) is 14.2. The Balaban J connectivity index is 2.51. The third kappa shape index (κ3) is 4.79. The van der Waals surface area contributed by atoms with Crippen molar-refractivity contribution in [2.75, 3.05) is 25.0 Å². The number of thiophene rings is 1. The molecular weight excluding hydrogens is 438 g/mol. The number of rotatable bonds is 7. The van der Waals surface area contributed by atoms with Crippen LogP contribution in [0.5, 0.6) is 0 Å². The van der Waals surface area contributed by atoms with Crippen molar-refractivity contribution in [3.8, 4) is 0 Å². The molecule has 1 heterocycles. The van der Waals surface area contributed by atoms with Gasteiger partial charge < -0.3 is 15.0 Å². The monoisotopic (exact) mass is 458 g/mol. The SMILES string of the molecule is CCOC(=O)c1c(NC(=O)c2cc(F)c(F)cc2Cl)sc(C(=O)N(CC)CC)c1C. The van der Waals surface area contributed by atoms with Gasteiger partial charge in [-0.3, -0.25) is 9.59 Å². The molecule has 162 valence electrons. The number of carbonyl (C=O) groups is 3. The second kappa shape index (κ2) is 9.99. The van der Waals surface area contributed by atoms with Gasteiger partial charge in [0.25, 0.3) is 11.8 Å². The quantitative estimate of drug-likeness (QED) is 0.473. The van der Waals surface area contributed by atoms with Crippen molar-refractivity contribution in [3.63, 3.8) is 0 Å². The molecule has 2 rings (SSSR count). The number of nitrogens with one attached hydrogen (secondary N) is 1. The molecule has 0 aliphatic heterocycles. The molecule has 0 aliphatic carbocycles. The molecule has 10 heteroatoms. The van der Waals surface area contributed by atoms with Crippen molar-refractivity contribution in [2.24, 2.45) is 0 Å². The Bertz CT molecular complexity index is 990. The van der Waals surface area contributed by atoms with Gasteiger partial charge in [-0.15, -0.1) is 11.3 Å². The lowest BCUT2D eigenvalue weighted by Gasteiger charge is -2.18. The summed E-state index contributed by atoms with van der Waals surface area (Å²) in [6.45, 7) is 7.88. The minimum Gasteiger partial charge on any atom is -0.462 e. The molecule has 1 aromatic carbocycles. The van der Waals surface area contributed by atoms with Crippen molar-refractivity contribution < 1.29 is 27.9 Å². The Morgan fingerprint density at radius 3 is 2.30 bits per heavy atom. The van der Waals surface area contributed by atoms with E-state index in [1.807, 2.05) is 13.8 Å². The molecule has 30 heavy (non-hydrogen) atoms. The highest BCUT2D eigenvalue weighted by Crippen LogP contribution is 2.35. The van der Waals surface area contributed by atoms with E-state index in [2.05, 4.69) is 5.32 Å². The lowest BCUT2D eigenvalue weighted by atomic mass is 10.1. The number of amides is 2. The van der Waals surface area contributed by atoms with Crippen LogP contribution in [0.3, 0.4) is 0 Å². The van der Waals surface area contributed by atoms with Crippen LogP contribution in [-0.4, -0.2) is 42.4 Å². The van der Waals surface area contributed by atoms with Gasteiger partial charge in [-0.2, -0.15) is 0 Å². The van der Waals surface area contributed by atoms with Crippen LogP contribution in [0.15, 0.2) is 12.1 Å². The summed E-state index contributed by atoms with van der Waals surface area (Å²) in [5, 5.41) is 2.25. The lowest BCUT2D eigenvalue weighted by Crippen LogP contribution is -2.30. The Kier molecular flexibility index (Phi) is 7.91. The van der Waals surface area contributed by atoms with Gasteiger partial charge in [0.1, 0.15) is 5.00 Å². The van der Waals surface area contributed by atoms with Crippen LogP contribution < -0.4 is 5.32 Å². The predicted octanol–water partition coefficient (Wildman–Crippen LogP) is 4.90. The third-order valence-electron chi connectivity index (χ3n) is 4.35. The van der Waals surface area contributed by atoms with Gasteiger partial charge >= 0.3 is 5.97 Å². The summed E-state index contributed by atoms with van der Waals surface area (Å²) in [6, 6.07) is 1.35. The van der Waals surface area contributed by atoms with Crippen molar-refractivity contribution in [1.29, 1.82) is 0 Å². The molecule has 0 saturated heterocycles. The Labute approximate surface area is 181 Å². The van der Waals surface area contributed by atoms with Crippen LogP contribution in [0, 0.1) is 18.6 Å². The standard InChI is InChI=1S/C20H21ClF2N2O4S/c1-5-25(6-2)19(27)16-10(4)15(20(28)29-7-3)18(30-16)24-17(26)11-8-13(22)14(23)9-12(11)21/h8-9H,5-7H2,1-4H3,(H,24,26). The zero-order chi connectivity index (χ0) is 22.6. The van der Waals surface area contributed by atoms with E-state index in [0.29, 0.717) is 30.8 Å². The Morgan fingerprint density at radius 1 is 1.13 bits per heavy atom.